The van der Waals surface area contributed by atoms with E-state index in [0.717, 1.165) is 13.1 Å². The molecule has 1 aromatic heterocycles. The predicted molar refractivity (Wildman–Crippen MR) is 68.4 cm³/mol. The van der Waals surface area contributed by atoms with Gasteiger partial charge in [-0.3, -0.25) is 0 Å². The van der Waals surface area contributed by atoms with Crippen molar-refractivity contribution in [3.05, 3.63) is 22.4 Å². The first kappa shape index (κ1) is 12.7. The molecule has 0 amide bonds. The molecule has 0 bridgehead atoms. The Bertz CT molecular complexity index is 230. The van der Waals surface area contributed by atoms with E-state index in [1.54, 1.807) is 0 Å². The van der Waals surface area contributed by atoms with E-state index in [1.807, 2.05) is 11.3 Å². The van der Waals surface area contributed by atoms with Crippen LogP contribution in [0, 0.1) is 0 Å². The lowest BCUT2D eigenvalue weighted by Crippen LogP contribution is -2.27. The lowest BCUT2D eigenvalue weighted by molar-refractivity contribution is 0.298. The maximum Gasteiger partial charge on any atom is 0.0299 e. The first-order valence-electron chi connectivity index (χ1n) is 5.82. The first-order chi connectivity index (χ1) is 7.36. The van der Waals surface area contributed by atoms with Crippen molar-refractivity contribution in [1.29, 1.82) is 0 Å². The van der Waals surface area contributed by atoms with Crippen molar-refractivity contribution in [3.63, 3.8) is 0 Å². The third-order valence-corrected chi connectivity index (χ3v) is 3.48. The van der Waals surface area contributed by atoms with Gasteiger partial charge in [0, 0.05) is 11.4 Å². The molecule has 0 saturated carbocycles. The smallest absolute Gasteiger partial charge is 0.0299 e. The van der Waals surface area contributed by atoms with E-state index < -0.39 is 0 Å². The summed E-state index contributed by atoms with van der Waals surface area (Å²) < 4.78 is 0. The van der Waals surface area contributed by atoms with Gasteiger partial charge in [-0.25, -0.2) is 0 Å². The van der Waals surface area contributed by atoms with Crippen LogP contribution < -0.4 is 5.32 Å². The van der Waals surface area contributed by atoms with Gasteiger partial charge in [-0.15, -0.1) is 11.3 Å². The minimum atomic E-state index is 1.02. The molecule has 0 fully saturated rings. The van der Waals surface area contributed by atoms with Gasteiger partial charge >= 0.3 is 0 Å². The fourth-order valence-electron chi connectivity index (χ4n) is 1.59. The summed E-state index contributed by atoms with van der Waals surface area (Å²) in [6.07, 6.45) is 1.24. The van der Waals surface area contributed by atoms with E-state index >= 15 is 0 Å². The molecule has 0 spiro atoms. The number of thiophene rings is 1. The van der Waals surface area contributed by atoms with Crippen LogP contribution >= 0.6 is 11.3 Å². The fourth-order valence-corrected chi connectivity index (χ4v) is 2.27. The summed E-state index contributed by atoms with van der Waals surface area (Å²) in [5.41, 5.74) is 0. The third-order valence-electron chi connectivity index (χ3n) is 2.60. The van der Waals surface area contributed by atoms with Gasteiger partial charge in [0.25, 0.3) is 0 Å². The van der Waals surface area contributed by atoms with Crippen LogP contribution in [-0.2, 0) is 6.54 Å². The van der Waals surface area contributed by atoms with E-state index in [0.29, 0.717) is 0 Å². The Morgan fingerprint density at radius 3 is 2.73 bits per heavy atom. The van der Waals surface area contributed by atoms with E-state index in [1.165, 1.54) is 30.9 Å². The summed E-state index contributed by atoms with van der Waals surface area (Å²) >= 11 is 1.82. The van der Waals surface area contributed by atoms with Crippen molar-refractivity contribution >= 4 is 11.3 Å². The number of nitrogens with one attached hydrogen (secondary N) is 1. The molecule has 1 heterocycles. The molecular formula is C12H22N2S. The molecule has 1 aromatic rings. The quantitative estimate of drug-likeness (QED) is 0.685. The van der Waals surface area contributed by atoms with E-state index in [9.17, 15) is 0 Å². The van der Waals surface area contributed by atoms with Crippen LogP contribution in [0.5, 0.6) is 0 Å². The van der Waals surface area contributed by atoms with Crippen LogP contribution in [0.3, 0.4) is 0 Å². The van der Waals surface area contributed by atoms with Crippen LogP contribution in [0.15, 0.2) is 17.5 Å². The van der Waals surface area contributed by atoms with Crippen molar-refractivity contribution in [2.24, 2.45) is 0 Å². The molecule has 0 aliphatic heterocycles. The molecule has 3 heteroatoms. The topological polar surface area (TPSA) is 15.3 Å². The molecule has 0 radical (unpaired) electrons. The second kappa shape index (κ2) is 7.85. The largest absolute Gasteiger partial charge is 0.312 e. The average Bonchev–Trinajstić information content (AvgIpc) is 2.76. The average molecular weight is 226 g/mol. The Hall–Kier alpha value is -0.380. The molecule has 86 valence electrons. The molecular weight excluding hydrogens is 204 g/mol. The van der Waals surface area contributed by atoms with Crippen molar-refractivity contribution < 1.29 is 0 Å². The monoisotopic (exact) mass is 226 g/mol. The van der Waals surface area contributed by atoms with E-state index in [2.05, 4.69) is 41.6 Å². The van der Waals surface area contributed by atoms with Gasteiger partial charge in [-0.05, 0) is 44.0 Å². The summed E-state index contributed by atoms with van der Waals surface area (Å²) in [5, 5.41) is 5.61. The van der Waals surface area contributed by atoms with Gasteiger partial charge in [0.15, 0.2) is 0 Å². The molecule has 0 saturated heterocycles. The van der Waals surface area contributed by atoms with Gasteiger partial charge in [0.05, 0.1) is 0 Å². The Labute approximate surface area is 97.3 Å². The van der Waals surface area contributed by atoms with Crippen LogP contribution in [-0.4, -0.2) is 31.1 Å². The molecule has 0 atom stereocenters. The van der Waals surface area contributed by atoms with Crippen LogP contribution in [0.2, 0.25) is 0 Å². The number of hydrogen-bond donors (Lipinski definition) is 1. The zero-order chi connectivity index (χ0) is 10.9. The maximum absolute atomic E-state index is 3.48. The highest BCUT2D eigenvalue weighted by atomic mass is 32.1. The van der Waals surface area contributed by atoms with Gasteiger partial charge in [-0.2, -0.15) is 0 Å². The number of rotatable bonds is 8. The second-order valence-electron chi connectivity index (χ2n) is 3.64. The lowest BCUT2D eigenvalue weighted by Gasteiger charge is -2.17. The first-order valence-corrected chi connectivity index (χ1v) is 6.70. The molecule has 2 nitrogen and oxygen atoms in total. The molecule has 1 N–H and O–H groups in total. The summed E-state index contributed by atoms with van der Waals surface area (Å²) in [5.74, 6) is 0. The zero-order valence-electron chi connectivity index (χ0n) is 9.83. The van der Waals surface area contributed by atoms with E-state index in [-0.39, 0.29) is 0 Å². The van der Waals surface area contributed by atoms with Crippen LogP contribution in [0.4, 0.5) is 0 Å². The highest BCUT2D eigenvalue weighted by molar-refractivity contribution is 7.09. The summed E-state index contributed by atoms with van der Waals surface area (Å²) in [7, 11) is 0. The summed E-state index contributed by atoms with van der Waals surface area (Å²) in [4.78, 5) is 3.89. The Kier molecular flexibility index (Phi) is 6.64. The Balaban J connectivity index is 1.97. The third kappa shape index (κ3) is 5.30. The van der Waals surface area contributed by atoms with Gasteiger partial charge < -0.3 is 10.2 Å². The molecule has 0 unspecified atom stereocenters. The van der Waals surface area contributed by atoms with Gasteiger partial charge in [0.2, 0.25) is 0 Å². The minimum absolute atomic E-state index is 1.02. The van der Waals surface area contributed by atoms with Crippen molar-refractivity contribution in [3.8, 4) is 0 Å². The highest BCUT2D eigenvalue weighted by Crippen LogP contribution is 2.07. The van der Waals surface area contributed by atoms with Gasteiger partial charge in [0.1, 0.15) is 0 Å². The van der Waals surface area contributed by atoms with Crippen LogP contribution in [0.1, 0.15) is 25.1 Å². The number of hydrogen-bond acceptors (Lipinski definition) is 3. The Morgan fingerprint density at radius 2 is 2.13 bits per heavy atom. The molecule has 0 aliphatic rings. The lowest BCUT2D eigenvalue weighted by atomic mass is 10.3. The zero-order valence-corrected chi connectivity index (χ0v) is 10.6. The molecule has 1 rings (SSSR count). The predicted octanol–water partition coefficient (Wildman–Crippen LogP) is 2.57. The van der Waals surface area contributed by atoms with E-state index in [4.69, 9.17) is 0 Å². The number of nitrogens with zero attached hydrogens (tertiary/aromatic N) is 1. The standard InChI is InChI=1S/C12H22N2S/c1-3-14(4-2)9-6-8-13-11-12-7-5-10-15-12/h5,7,10,13H,3-4,6,8-9,11H2,1-2H3. The normalized spacial score (nSPS) is 11.1. The molecule has 0 aromatic carbocycles. The minimum Gasteiger partial charge on any atom is -0.312 e. The Morgan fingerprint density at radius 1 is 1.33 bits per heavy atom. The highest BCUT2D eigenvalue weighted by Gasteiger charge is 1.98. The summed E-state index contributed by atoms with van der Waals surface area (Å²) in [6, 6.07) is 4.29. The van der Waals surface area contributed by atoms with Gasteiger partial charge in [-0.1, -0.05) is 19.9 Å². The fraction of sp³-hybridized carbons (Fsp3) is 0.667. The van der Waals surface area contributed by atoms with Crippen LogP contribution in [0.25, 0.3) is 0 Å². The summed E-state index contributed by atoms with van der Waals surface area (Å²) in [6.45, 7) is 10.1. The van der Waals surface area contributed by atoms with Crippen molar-refractivity contribution in [2.45, 2.75) is 26.8 Å². The van der Waals surface area contributed by atoms with Crippen molar-refractivity contribution in [1.82, 2.24) is 10.2 Å². The molecule has 0 aliphatic carbocycles. The second-order valence-corrected chi connectivity index (χ2v) is 4.67. The molecule has 15 heavy (non-hydrogen) atoms. The maximum atomic E-state index is 3.48. The van der Waals surface area contributed by atoms with Crippen molar-refractivity contribution in [2.75, 3.05) is 26.2 Å². The SMILES string of the molecule is CCN(CC)CCCNCc1cccs1.